The summed E-state index contributed by atoms with van der Waals surface area (Å²) in [6.45, 7) is 0. The van der Waals surface area contributed by atoms with Gasteiger partial charge in [-0.05, 0) is 25.0 Å². The third kappa shape index (κ3) is 2.15. The Kier molecular flexibility index (Phi) is 2.41. The van der Waals surface area contributed by atoms with E-state index in [1.165, 1.54) is 18.2 Å². The summed E-state index contributed by atoms with van der Waals surface area (Å²) < 4.78 is 5.42. The van der Waals surface area contributed by atoms with Crippen LogP contribution in [0.5, 0.6) is 5.75 Å². The molecule has 1 fully saturated rings. The molecule has 1 aliphatic rings. The fraction of sp³-hybridized carbons (Fsp3) is 0.273. The fourth-order valence-electron chi connectivity index (χ4n) is 1.25. The molecule has 1 aromatic rings. The van der Waals surface area contributed by atoms with Crippen molar-refractivity contribution in [1.82, 2.24) is 0 Å². The van der Waals surface area contributed by atoms with E-state index in [-0.39, 0.29) is 17.4 Å². The number of benzene rings is 1. The van der Waals surface area contributed by atoms with Gasteiger partial charge in [0.05, 0.1) is 6.10 Å². The maximum atomic E-state index is 10.9. The minimum absolute atomic E-state index is 0.104. The molecular formula is C11H10O4. The third-order valence-electron chi connectivity index (χ3n) is 2.19. The number of carbonyl (C=O) groups is 2. The molecule has 4 heteroatoms. The largest absolute Gasteiger partial charge is 0.490 e. The number of ether oxygens (including phenoxy) is 1. The number of carbonyl (C=O) groups excluding carboxylic acids is 1. The maximum absolute atomic E-state index is 10.9. The summed E-state index contributed by atoms with van der Waals surface area (Å²) in [5.74, 6) is -0.752. The van der Waals surface area contributed by atoms with E-state index in [9.17, 15) is 9.59 Å². The monoisotopic (exact) mass is 206 g/mol. The number of aromatic carboxylic acids is 1. The number of carboxylic acids is 1. The van der Waals surface area contributed by atoms with Gasteiger partial charge < -0.3 is 9.84 Å². The molecule has 2 rings (SSSR count). The summed E-state index contributed by atoms with van der Waals surface area (Å²) in [4.78, 5) is 21.4. The SMILES string of the molecule is O=Cc1ccc(C(=O)O)c(OC2CC2)c1. The van der Waals surface area contributed by atoms with Crippen molar-refractivity contribution in [3.8, 4) is 5.75 Å². The minimum atomic E-state index is -1.04. The Hall–Kier alpha value is -1.84. The predicted molar refractivity (Wildman–Crippen MR) is 52.4 cm³/mol. The molecule has 0 atom stereocenters. The van der Waals surface area contributed by atoms with Crippen LogP contribution in [0.1, 0.15) is 33.6 Å². The molecule has 0 unspecified atom stereocenters. The topological polar surface area (TPSA) is 63.6 Å². The summed E-state index contributed by atoms with van der Waals surface area (Å²) in [5.41, 5.74) is 0.531. The molecule has 0 aromatic heterocycles. The number of rotatable bonds is 4. The highest BCUT2D eigenvalue weighted by Gasteiger charge is 2.25. The first-order valence-corrected chi connectivity index (χ1v) is 4.70. The van der Waals surface area contributed by atoms with Crippen LogP contribution in [0.25, 0.3) is 0 Å². The molecule has 1 aliphatic carbocycles. The molecule has 1 aromatic carbocycles. The van der Waals surface area contributed by atoms with Gasteiger partial charge in [-0.15, -0.1) is 0 Å². The van der Waals surface area contributed by atoms with Crippen molar-refractivity contribution in [2.45, 2.75) is 18.9 Å². The second-order valence-corrected chi connectivity index (χ2v) is 3.50. The van der Waals surface area contributed by atoms with Gasteiger partial charge in [-0.3, -0.25) is 4.79 Å². The first-order valence-electron chi connectivity index (χ1n) is 4.70. The van der Waals surface area contributed by atoms with Crippen molar-refractivity contribution in [2.24, 2.45) is 0 Å². The van der Waals surface area contributed by atoms with Gasteiger partial charge in [-0.2, -0.15) is 0 Å². The van der Waals surface area contributed by atoms with Gasteiger partial charge in [0.15, 0.2) is 0 Å². The Morgan fingerprint density at radius 1 is 1.47 bits per heavy atom. The molecule has 1 N–H and O–H groups in total. The number of aldehydes is 1. The maximum Gasteiger partial charge on any atom is 0.339 e. The molecule has 0 aliphatic heterocycles. The van der Waals surface area contributed by atoms with Crippen molar-refractivity contribution in [2.75, 3.05) is 0 Å². The van der Waals surface area contributed by atoms with Crippen molar-refractivity contribution < 1.29 is 19.4 Å². The van der Waals surface area contributed by atoms with Crippen LogP contribution < -0.4 is 4.74 Å². The van der Waals surface area contributed by atoms with Gasteiger partial charge in [-0.1, -0.05) is 6.07 Å². The van der Waals surface area contributed by atoms with E-state index in [0.717, 1.165) is 12.8 Å². The molecule has 4 nitrogen and oxygen atoms in total. The molecule has 0 amide bonds. The van der Waals surface area contributed by atoms with Crippen molar-refractivity contribution >= 4 is 12.3 Å². The summed E-state index contributed by atoms with van der Waals surface area (Å²) >= 11 is 0. The highest BCUT2D eigenvalue weighted by atomic mass is 16.5. The lowest BCUT2D eigenvalue weighted by atomic mass is 10.1. The average Bonchev–Trinajstić information content (AvgIpc) is 3.01. The molecular weight excluding hydrogens is 196 g/mol. The molecule has 1 saturated carbocycles. The Labute approximate surface area is 86.5 Å². The number of hydrogen-bond acceptors (Lipinski definition) is 3. The van der Waals surface area contributed by atoms with E-state index in [2.05, 4.69) is 0 Å². The molecule has 0 radical (unpaired) electrons. The van der Waals surface area contributed by atoms with Crippen LogP contribution in [0, 0.1) is 0 Å². The van der Waals surface area contributed by atoms with Crippen LogP contribution in [0.4, 0.5) is 0 Å². The summed E-state index contributed by atoms with van der Waals surface area (Å²) in [7, 11) is 0. The summed E-state index contributed by atoms with van der Waals surface area (Å²) in [6, 6.07) is 4.33. The fourth-order valence-corrected chi connectivity index (χ4v) is 1.25. The van der Waals surface area contributed by atoms with Crippen LogP contribution >= 0.6 is 0 Å². The predicted octanol–water partition coefficient (Wildman–Crippen LogP) is 1.74. The molecule has 0 bridgehead atoms. The van der Waals surface area contributed by atoms with Gasteiger partial charge in [0.25, 0.3) is 0 Å². The highest BCUT2D eigenvalue weighted by Crippen LogP contribution is 2.29. The van der Waals surface area contributed by atoms with E-state index >= 15 is 0 Å². The van der Waals surface area contributed by atoms with Gasteiger partial charge in [-0.25, -0.2) is 4.79 Å². The van der Waals surface area contributed by atoms with Crippen LogP contribution in [-0.2, 0) is 0 Å². The number of carboxylic acid groups (broad SMARTS) is 1. The van der Waals surface area contributed by atoms with Gasteiger partial charge >= 0.3 is 5.97 Å². The highest BCUT2D eigenvalue weighted by molar-refractivity contribution is 5.92. The second kappa shape index (κ2) is 3.73. The first kappa shape index (κ1) is 9.71. The van der Waals surface area contributed by atoms with E-state index in [1.807, 2.05) is 0 Å². The van der Waals surface area contributed by atoms with Gasteiger partial charge in [0.1, 0.15) is 17.6 Å². The Morgan fingerprint density at radius 3 is 2.73 bits per heavy atom. The van der Waals surface area contributed by atoms with Crippen LogP contribution in [0.2, 0.25) is 0 Å². The molecule has 0 spiro atoms. The molecule has 15 heavy (non-hydrogen) atoms. The molecule has 0 heterocycles. The lowest BCUT2D eigenvalue weighted by Gasteiger charge is -2.08. The zero-order valence-electron chi connectivity index (χ0n) is 7.97. The lowest BCUT2D eigenvalue weighted by molar-refractivity contribution is 0.0691. The normalized spacial score (nSPS) is 14.7. The standard InChI is InChI=1S/C11H10O4/c12-6-7-1-4-9(11(13)14)10(5-7)15-8-2-3-8/h1,4-6,8H,2-3H2,(H,13,14). The summed E-state index contributed by atoms with van der Waals surface area (Å²) in [6.07, 6.45) is 2.69. The van der Waals surface area contributed by atoms with E-state index < -0.39 is 5.97 Å². The Morgan fingerprint density at radius 2 is 2.20 bits per heavy atom. The third-order valence-corrected chi connectivity index (χ3v) is 2.19. The van der Waals surface area contributed by atoms with E-state index in [4.69, 9.17) is 9.84 Å². The van der Waals surface area contributed by atoms with E-state index in [1.54, 1.807) is 0 Å². The average molecular weight is 206 g/mol. The van der Waals surface area contributed by atoms with Crippen molar-refractivity contribution in [3.63, 3.8) is 0 Å². The van der Waals surface area contributed by atoms with Gasteiger partial charge in [0.2, 0.25) is 0 Å². The van der Waals surface area contributed by atoms with Gasteiger partial charge in [0, 0.05) is 5.56 Å². The Balaban J connectivity index is 2.34. The van der Waals surface area contributed by atoms with Crippen molar-refractivity contribution in [1.29, 1.82) is 0 Å². The summed E-state index contributed by atoms with van der Waals surface area (Å²) in [5, 5.41) is 8.89. The Bertz CT molecular complexity index is 407. The zero-order chi connectivity index (χ0) is 10.8. The number of hydrogen-bond donors (Lipinski definition) is 1. The first-order chi connectivity index (χ1) is 7.20. The van der Waals surface area contributed by atoms with Crippen LogP contribution in [0.15, 0.2) is 18.2 Å². The smallest absolute Gasteiger partial charge is 0.339 e. The zero-order valence-corrected chi connectivity index (χ0v) is 7.97. The van der Waals surface area contributed by atoms with Crippen LogP contribution in [-0.4, -0.2) is 23.5 Å². The minimum Gasteiger partial charge on any atom is -0.490 e. The molecule has 78 valence electrons. The van der Waals surface area contributed by atoms with Crippen molar-refractivity contribution in [3.05, 3.63) is 29.3 Å². The molecule has 0 saturated heterocycles. The lowest BCUT2D eigenvalue weighted by Crippen LogP contribution is -2.05. The second-order valence-electron chi connectivity index (χ2n) is 3.50. The quantitative estimate of drug-likeness (QED) is 0.762. The van der Waals surface area contributed by atoms with E-state index in [0.29, 0.717) is 11.8 Å². The van der Waals surface area contributed by atoms with Crippen LogP contribution in [0.3, 0.4) is 0 Å².